The molecule has 3 rings (SSSR count). The van der Waals surface area contributed by atoms with Crippen molar-refractivity contribution in [3.05, 3.63) is 39.7 Å². The van der Waals surface area contributed by atoms with Gasteiger partial charge in [0.05, 0.1) is 11.0 Å². The summed E-state index contributed by atoms with van der Waals surface area (Å²) in [7, 11) is 2.00. The van der Waals surface area contributed by atoms with Gasteiger partial charge in [-0.1, -0.05) is 17.3 Å². The van der Waals surface area contributed by atoms with E-state index in [2.05, 4.69) is 20.4 Å². The number of nitrogens with one attached hydrogen (secondary N) is 1. The number of hydrogen-bond acceptors (Lipinski definition) is 7. The first-order valence-corrected chi connectivity index (χ1v) is 7.07. The molecule has 0 radical (unpaired) electrons. The maximum atomic E-state index is 11.3. The van der Waals surface area contributed by atoms with E-state index in [-0.39, 0.29) is 17.6 Å². The van der Waals surface area contributed by atoms with E-state index in [4.69, 9.17) is 4.52 Å². The number of benzene rings is 1. The molecule has 1 fully saturated rings. The van der Waals surface area contributed by atoms with Crippen LogP contribution in [0.3, 0.4) is 0 Å². The number of rotatable bonds is 3. The molecule has 0 aliphatic carbocycles. The van der Waals surface area contributed by atoms with Gasteiger partial charge in [-0.3, -0.25) is 15.0 Å². The highest BCUT2D eigenvalue weighted by Crippen LogP contribution is 2.32. The van der Waals surface area contributed by atoms with Crippen molar-refractivity contribution in [3.63, 3.8) is 0 Å². The topological polar surface area (TPSA) is 97.3 Å². The van der Waals surface area contributed by atoms with Crippen LogP contribution in [-0.2, 0) is 0 Å². The Morgan fingerprint density at radius 1 is 1.50 bits per heavy atom. The molecule has 8 heteroatoms. The Hall–Kier alpha value is -2.32. The van der Waals surface area contributed by atoms with Crippen molar-refractivity contribution in [2.75, 3.05) is 26.7 Å². The third-order valence-electron chi connectivity index (χ3n) is 3.90. The smallest absolute Gasteiger partial charge is 0.285 e. The zero-order valence-corrected chi connectivity index (χ0v) is 12.4. The minimum atomic E-state index is -0.414. The second-order valence-corrected chi connectivity index (χ2v) is 5.39. The molecule has 1 unspecified atom stereocenters. The number of nitrogens with zero attached hydrogens (tertiary/aromatic N) is 4. The van der Waals surface area contributed by atoms with Gasteiger partial charge >= 0.3 is 0 Å². The molecule has 0 spiro atoms. The van der Waals surface area contributed by atoms with Gasteiger partial charge in [-0.25, -0.2) is 0 Å². The van der Waals surface area contributed by atoms with Crippen LogP contribution in [0.4, 0.5) is 5.69 Å². The molecule has 1 aliphatic heterocycles. The molecule has 1 aromatic heterocycles. The van der Waals surface area contributed by atoms with Crippen LogP contribution < -0.4 is 5.32 Å². The summed E-state index contributed by atoms with van der Waals surface area (Å²) in [4.78, 5) is 17.4. The third kappa shape index (κ3) is 2.58. The average molecular weight is 303 g/mol. The van der Waals surface area contributed by atoms with Gasteiger partial charge in [-0.05, 0) is 20.0 Å². The van der Waals surface area contributed by atoms with Gasteiger partial charge in [0.1, 0.15) is 5.56 Å². The van der Waals surface area contributed by atoms with Crippen molar-refractivity contribution in [1.29, 1.82) is 0 Å². The summed E-state index contributed by atoms with van der Waals surface area (Å²) in [5, 5.41) is 18.6. The predicted octanol–water partition coefficient (Wildman–Crippen LogP) is 1.53. The van der Waals surface area contributed by atoms with E-state index < -0.39 is 4.92 Å². The maximum Gasteiger partial charge on any atom is 0.285 e. The molecule has 1 saturated heterocycles. The molecule has 8 nitrogen and oxygen atoms in total. The molecule has 22 heavy (non-hydrogen) atoms. The van der Waals surface area contributed by atoms with Gasteiger partial charge in [0.25, 0.3) is 11.6 Å². The SMILES string of the molecule is Cc1cccc(-c2nc(C3CNCCN3C)no2)c1[N+](=O)[O-]. The molecule has 1 atom stereocenters. The normalized spacial score (nSPS) is 19.3. The van der Waals surface area contributed by atoms with Crippen LogP contribution in [0.1, 0.15) is 17.4 Å². The average Bonchev–Trinajstić information content (AvgIpc) is 2.96. The highest BCUT2D eigenvalue weighted by molar-refractivity contribution is 5.69. The van der Waals surface area contributed by atoms with Crippen LogP contribution in [0, 0.1) is 17.0 Å². The standard InChI is InChI=1S/C14H17N5O3/c1-9-4-3-5-10(12(9)19(20)21)14-16-13(17-22-14)11-8-15-6-7-18(11)2/h3-5,11,15H,6-8H2,1-2H3. The van der Waals surface area contributed by atoms with E-state index in [0.29, 0.717) is 17.0 Å². The molecule has 2 heterocycles. The fourth-order valence-corrected chi connectivity index (χ4v) is 2.65. The van der Waals surface area contributed by atoms with Crippen molar-refractivity contribution in [3.8, 4) is 11.5 Å². The van der Waals surface area contributed by atoms with Crippen LogP contribution in [0.2, 0.25) is 0 Å². The van der Waals surface area contributed by atoms with Gasteiger partial charge in [0, 0.05) is 25.2 Å². The third-order valence-corrected chi connectivity index (χ3v) is 3.90. The first kappa shape index (κ1) is 14.6. The van der Waals surface area contributed by atoms with E-state index in [1.165, 1.54) is 0 Å². The number of para-hydroxylation sites is 1. The number of likely N-dealkylation sites (N-methyl/N-ethyl adjacent to an activating group) is 1. The highest BCUT2D eigenvalue weighted by atomic mass is 16.6. The lowest BCUT2D eigenvalue weighted by atomic mass is 10.1. The second-order valence-electron chi connectivity index (χ2n) is 5.39. The lowest BCUT2D eigenvalue weighted by Gasteiger charge is -2.30. The Morgan fingerprint density at radius 3 is 3.05 bits per heavy atom. The van der Waals surface area contributed by atoms with Gasteiger partial charge in [-0.15, -0.1) is 0 Å². The Labute approximate surface area is 127 Å². The van der Waals surface area contributed by atoms with Crippen molar-refractivity contribution in [1.82, 2.24) is 20.4 Å². The van der Waals surface area contributed by atoms with E-state index in [0.717, 1.165) is 19.6 Å². The fourth-order valence-electron chi connectivity index (χ4n) is 2.65. The number of aromatic nitrogens is 2. The van der Waals surface area contributed by atoms with Crippen molar-refractivity contribution < 1.29 is 9.45 Å². The fraction of sp³-hybridized carbons (Fsp3) is 0.429. The summed E-state index contributed by atoms with van der Waals surface area (Å²) in [6.07, 6.45) is 0. The van der Waals surface area contributed by atoms with Crippen LogP contribution in [0.5, 0.6) is 0 Å². The highest BCUT2D eigenvalue weighted by Gasteiger charge is 2.28. The van der Waals surface area contributed by atoms with Crippen molar-refractivity contribution >= 4 is 5.69 Å². The molecule has 1 aromatic carbocycles. The predicted molar refractivity (Wildman–Crippen MR) is 79.4 cm³/mol. The lowest BCUT2D eigenvalue weighted by Crippen LogP contribution is -2.44. The van der Waals surface area contributed by atoms with Gasteiger partial charge in [0.2, 0.25) is 0 Å². The number of nitro groups is 1. The zero-order valence-electron chi connectivity index (χ0n) is 12.4. The quantitative estimate of drug-likeness (QED) is 0.678. The summed E-state index contributed by atoms with van der Waals surface area (Å²) in [5.41, 5.74) is 0.932. The summed E-state index contributed by atoms with van der Waals surface area (Å²) in [6, 6.07) is 5.08. The molecule has 0 amide bonds. The zero-order chi connectivity index (χ0) is 15.7. The van der Waals surface area contributed by atoms with Crippen LogP contribution in [0.25, 0.3) is 11.5 Å². The number of nitro benzene ring substituents is 1. The van der Waals surface area contributed by atoms with Gasteiger partial charge in [0.15, 0.2) is 5.82 Å². The molecule has 0 saturated carbocycles. The second kappa shape index (κ2) is 5.82. The first-order valence-electron chi connectivity index (χ1n) is 7.07. The summed E-state index contributed by atoms with van der Waals surface area (Å²) in [6.45, 7) is 4.23. The van der Waals surface area contributed by atoms with Crippen LogP contribution in [0.15, 0.2) is 22.7 Å². The Morgan fingerprint density at radius 2 is 2.32 bits per heavy atom. The summed E-state index contributed by atoms with van der Waals surface area (Å²) >= 11 is 0. The molecular weight excluding hydrogens is 286 g/mol. The maximum absolute atomic E-state index is 11.3. The number of aryl methyl sites for hydroxylation is 1. The number of piperazine rings is 1. The van der Waals surface area contributed by atoms with Gasteiger partial charge < -0.3 is 9.84 Å². The Bertz CT molecular complexity index is 700. The van der Waals surface area contributed by atoms with E-state index in [9.17, 15) is 10.1 Å². The van der Waals surface area contributed by atoms with Crippen molar-refractivity contribution in [2.45, 2.75) is 13.0 Å². The molecular formula is C14H17N5O3. The van der Waals surface area contributed by atoms with E-state index in [1.807, 2.05) is 7.05 Å². The molecule has 1 aliphatic rings. The Kier molecular flexibility index (Phi) is 3.86. The minimum absolute atomic E-state index is 0.00724. The number of hydrogen-bond donors (Lipinski definition) is 1. The largest absolute Gasteiger partial charge is 0.334 e. The monoisotopic (exact) mass is 303 g/mol. The molecule has 0 bridgehead atoms. The lowest BCUT2D eigenvalue weighted by molar-refractivity contribution is -0.384. The van der Waals surface area contributed by atoms with Gasteiger partial charge in [-0.2, -0.15) is 4.98 Å². The van der Waals surface area contributed by atoms with E-state index >= 15 is 0 Å². The van der Waals surface area contributed by atoms with Crippen LogP contribution in [-0.4, -0.2) is 46.6 Å². The first-order chi connectivity index (χ1) is 10.6. The molecule has 1 N–H and O–H groups in total. The van der Waals surface area contributed by atoms with E-state index in [1.54, 1.807) is 25.1 Å². The summed E-state index contributed by atoms with van der Waals surface area (Å²) in [5.74, 6) is 0.727. The molecule has 2 aromatic rings. The minimum Gasteiger partial charge on any atom is -0.334 e. The molecule has 116 valence electrons. The van der Waals surface area contributed by atoms with Crippen LogP contribution >= 0.6 is 0 Å². The van der Waals surface area contributed by atoms with Crippen molar-refractivity contribution in [2.24, 2.45) is 0 Å². The summed E-state index contributed by atoms with van der Waals surface area (Å²) < 4.78 is 5.28. The Balaban J connectivity index is 1.98.